The third-order valence-corrected chi connectivity index (χ3v) is 4.28. The van der Waals surface area contributed by atoms with Crippen molar-refractivity contribution in [3.63, 3.8) is 0 Å². The summed E-state index contributed by atoms with van der Waals surface area (Å²) in [6.45, 7) is 8.40. The highest BCUT2D eigenvalue weighted by Gasteiger charge is 2.16. The molecule has 0 unspecified atom stereocenters. The molecule has 1 aromatic carbocycles. The number of carbonyl (C=O) groups is 1. The Morgan fingerprint density at radius 1 is 1.14 bits per heavy atom. The fourth-order valence-electron chi connectivity index (χ4n) is 2.95. The number of hydrogen-bond acceptors (Lipinski definition) is 2. The number of benzene rings is 1. The van der Waals surface area contributed by atoms with Gasteiger partial charge in [0.25, 0.3) is 0 Å². The summed E-state index contributed by atoms with van der Waals surface area (Å²) in [7, 11) is 0. The largest absolute Gasteiger partial charge is 0.508 e. The Morgan fingerprint density at radius 2 is 1.82 bits per heavy atom. The summed E-state index contributed by atoms with van der Waals surface area (Å²) in [5, 5.41) is 10.2. The normalized spacial score (nSPS) is 14.0. The first-order valence-corrected chi connectivity index (χ1v) is 8.14. The third kappa shape index (κ3) is 3.68. The third-order valence-electron chi connectivity index (χ3n) is 4.28. The standard InChI is InChI=1S/C20H26O2/c1-13(2)17-12-20(22)18(14(3)4)11-16(17)9-10-19(21)15-7-5-6-8-15/h5-7,11-14,22H,8-10H2,1-4H3. The van der Waals surface area contributed by atoms with Gasteiger partial charge in [-0.1, -0.05) is 52.0 Å². The Morgan fingerprint density at radius 3 is 2.36 bits per heavy atom. The number of hydrogen-bond donors (Lipinski definition) is 1. The van der Waals surface area contributed by atoms with E-state index in [1.165, 1.54) is 5.56 Å². The molecule has 0 aliphatic heterocycles. The second-order valence-electron chi connectivity index (χ2n) is 6.67. The molecule has 2 heteroatoms. The van der Waals surface area contributed by atoms with Crippen molar-refractivity contribution in [1.29, 1.82) is 0 Å². The van der Waals surface area contributed by atoms with Crippen molar-refractivity contribution in [1.82, 2.24) is 0 Å². The van der Waals surface area contributed by atoms with Crippen LogP contribution in [0.15, 0.2) is 35.9 Å². The summed E-state index contributed by atoms with van der Waals surface area (Å²) in [5.74, 6) is 1.22. The summed E-state index contributed by atoms with van der Waals surface area (Å²) in [5.41, 5.74) is 4.21. The molecule has 2 nitrogen and oxygen atoms in total. The van der Waals surface area contributed by atoms with Crippen LogP contribution in [-0.4, -0.2) is 10.9 Å². The Kier molecular flexibility index (Phi) is 5.23. The van der Waals surface area contributed by atoms with Gasteiger partial charge in [0.1, 0.15) is 5.75 Å². The lowest BCUT2D eigenvalue weighted by Crippen LogP contribution is -2.06. The molecular formula is C20H26O2. The summed E-state index contributed by atoms with van der Waals surface area (Å²) in [6.07, 6.45) is 7.93. The van der Waals surface area contributed by atoms with Gasteiger partial charge >= 0.3 is 0 Å². The average molecular weight is 298 g/mol. The SMILES string of the molecule is CC(C)c1cc(CCC(=O)C2=CC=CC2)c(C(C)C)cc1O. The molecule has 118 valence electrons. The lowest BCUT2D eigenvalue weighted by molar-refractivity contribution is -0.115. The summed E-state index contributed by atoms with van der Waals surface area (Å²) in [6, 6.07) is 3.97. The molecular weight excluding hydrogens is 272 g/mol. The van der Waals surface area contributed by atoms with Gasteiger partial charge in [-0.2, -0.15) is 0 Å². The Balaban J connectivity index is 2.20. The van der Waals surface area contributed by atoms with Crippen molar-refractivity contribution in [3.8, 4) is 5.75 Å². The molecule has 0 fully saturated rings. The van der Waals surface area contributed by atoms with E-state index in [1.54, 1.807) is 0 Å². The summed E-state index contributed by atoms with van der Waals surface area (Å²) >= 11 is 0. The van der Waals surface area contributed by atoms with Gasteiger partial charge in [-0.15, -0.1) is 0 Å². The minimum Gasteiger partial charge on any atom is -0.508 e. The van der Waals surface area contributed by atoms with Crippen molar-refractivity contribution in [2.45, 2.75) is 58.8 Å². The van der Waals surface area contributed by atoms with Crippen molar-refractivity contribution in [2.24, 2.45) is 0 Å². The Labute approximate surface area is 133 Å². The molecule has 0 aromatic heterocycles. The smallest absolute Gasteiger partial charge is 0.159 e. The lowest BCUT2D eigenvalue weighted by Gasteiger charge is -2.18. The lowest BCUT2D eigenvalue weighted by atomic mass is 9.88. The second-order valence-corrected chi connectivity index (χ2v) is 6.67. The van der Waals surface area contributed by atoms with E-state index in [4.69, 9.17) is 0 Å². The van der Waals surface area contributed by atoms with Gasteiger partial charge in [-0.3, -0.25) is 4.79 Å². The van der Waals surface area contributed by atoms with Gasteiger partial charge in [-0.05, 0) is 53.0 Å². The molecule has 22 heavy (non-hydrogen) atoms. The van der Waals surface area contributed by atoms with E-state index in [0.29, 0.717) is 18.1 Å². The molecule has 1 aliphatic rings. The highest BCUT2D eigenvalue weighted by Crippen LogP contribution is 2.33. The second kappa shape index (κ2) is 6.95. The molecule has 0 spiro atoms. The van der Waals surface area contributed by atoms with E-state index >= 15 is 0 Å². The predicted octanol–water partition coefficient (Wildman–Crippen LogP) is 5.03. The first kappa shape index (κ1) is 16.5. The van der Waals surface area contributed by atoms with Gasteiger partial charge in [0.05, 0.1) is 0 Å². The molecule has 0 saturated heterocycles. The highest BCUT2D eigenvalue weighted by molar-refractivity contribution is 5.96. The minimum absolute atomic E-state index is 0.235. The van der Waals surface area contributed by atoms with Crippen molar-refractivity contribution in [2.75, 3.05) is 0 Å². The van der Waals surface area contributed by atoms with Crippen LogP contribution >= 0.6 is 0 Å². The van der Waals surface area contributed by atoms with Crippen LogP contribution in [-0.2, 0) is 11.2 Å². The topological polar surface area (TPSA) is 37.3 Å². The quantitative estimate of drug-likeness (QED) is 0.800. The number of aromatic hydroxyl groups is 1. The van der Waals surface area contributed by atoms with E-state index in [0.717, 1.165) is 29.5 Å². The first-order chi connectivity index (χ1) is 10.4. The molecule has 0 bridgehead atoms. The fraction of sp³-hybridized carbons (Fsp3) is 0.450. The zero-order chi connectivity index (χ0) is 16.3. The first-order valence-electron chi connectivity index (χ1n) is 8.14. The zero-order valence-electron chi connectivity index (χ0n) is 14.0. The van der Waals surface area contributed by atoms with Gasteiger partial charge in [0.15, 0.2) is 5.78 Å². The summed E-state index contributed by atoms with van der Waals surface area (Å²) < 4.78 is 0. The maximum atomic E-state index is 12.2. The Hall–Kier alpha value is -1.83. The summed E-state index contributed by atoms with van der Waals surface area (Å²) in [4.78, 5) is 12.2. The Bertz CT molecular complexity index is 619. The molecule has 1 aromatic rings. The number of allylic oxidation sites excluding steroid dienone is 4. The molecule has 0 radical (unpaired) electrons. The van der Waals surface area contributed by atoms with Gasteiger partial charge in [0, 0.05) is 6.42 Å². The molecule has 0 heterocycles. The monoisotopic (exact) mass is 298 g/mol. The number of aryl methyl sites for hydroxylation is 1. The van der Waals surface area contributed by atoms with Crippen LogP contribution in [0, 0.1) is 0 Å². The zero-order valence-corrected chi connectivity index (χ0v) is 14.0. The van der Waals surface area contributed by atoms with Crippen LogP contribution in [0.3, 0.4) is 0 Å². The van der Waals surface area contributed by atoms with Crippen LogP contribution in [0.4, 0.5) is 0 Å². The van der Waals surface area contributed by atoms with E-state index in [1.807, 2.05) is 24.3 Å². The van der Waals surface area contributed by atoms with E-state index < -0.39 is 0 Å². The number of phenols is 1. The number of ketones is 1. The molecule has 1 N–H and O–H groups in total. The van der Waals surface area contributed by atoms with Crippen molar-refractivity contribution >= 4 is 5.78 Å². The minimum atomic E-state index is 0.235. The highest BCUT2D eigenvalue weighted by atomic mass is 16.3. The van der Waals surface area contributed by atoms with Gasteiger partial charge in [-0.25, -0.2) is 0 Å². The van der Waals surface area contributed by atoms with Crippen molar-refractivity contribution < 1.29 is 9.90 Å². The van der Waals surface area contributed by atoms with Crippen LogP contribution in [0.5, 0.6) is 5.75 Å². The molecule has 0 atom stereocenters. The number of phenolic OH excluding ortho intramolecular Hbond substituents is 1. The maximum Gasteiger partial charge on any atom is 0.159 e. The van der Waals surface area contributed by atoms with E-state index in [-0.39, 0.29) is 11.7 Å². The number of Topliss-reactive ketones (excluding diaryl/α,β-unsaturated/α-hetero) is 1. The van der Waals surface area contributed by atoms with Gasteiger partial charge < -0.3 is 5.11 Å². The van der Waals surface area contributed by atoms with E-state index in [2.05, 4.69) is 33.8 Å². The maximum absolute atomic E-state index is 12.2. The molecule has 2 rings (SSSR count). The van der Waals surface area contributed by atoms with Crippen LogP contribution in [0.1, 0.15) is 69.1 Å². The van der Waals surface area contributed by atoms with E-state index in [9.17, 15) is 9.90 Å². The van der Waals surface area contributed by atoms with Crippen LogP contribution in [0.2, 0.25) is 0 Å². The molecule has 0 amide bonds. The number of rotatable bonds is 6. The molecule has 0 saturated carbocycles. The van der Waals surface area contributed by atoms with Crippen LogP contribution in [0.25, 0.3) is 0 Å². The molecule has 1 aliphatic carbocycles. The number of carbonyl (C=O) groups excluding carboxylic acids is 1. The fourth-order valence-corrected chi connectivity index (χ4v) is 2.95. The predicted molar refractivity (Wildman–Crippen MR) is 91.5 cm³/mol. The van der Waals surface area contributed by atoms with Gasteiger partial charge in [0.2, 0.25) is 0 Å². The average Bonchev–Trinajstić information content (AvgIpc) is 2.99. The van der Waals surface area contributed by atoms with Crippen LogP contribution < -0.4 is 0 Å². The van der Waals surface area contributed by atoms with Crippen molar-refractivity contribution in [3.05, 3.63) is 52.6 Å².